The number of carbonyl (C=O) groups excluding carboxylic acids is 1. The quantitative estimate of drug-likeness (QED) is 0.0293. The Labute approximate surface area is 340 Å². The number of allylic oxidation sites excluding steroid dienone is 1. The third-order valence-corrected chi connectivity index (χ3v) is 8.53. The second-order valence-electron chi connectivity index (χ2n) is 10.2. The monoisotopic (exact) mass is 813 g/mol. The molecule has 6 N–H and O–H groups in total. The molecule has 0 spiro atoms. The van der Waals surface area contributed by atoms with E-state index in [0.717, 1.165) is 29.0 Å². The number of hydrogen-bond donors (Lipinski definition) is 5. The van der Waals surface area contributed by atoms with E-state index in [1.54, 1.807) is 30.3 Å². The van der Waals surface area contributed by atoms with Crippen LogP contribution in [-0.4, -0.2) is 41.6 Å². The van der Waals surface area contributed by atoms with Crippen molar-refractivity contribution in [1.82, 2.24) is 4.72 Å². The number of benzene rings is 5. The number of aliphatic hydroxyl groups excluding tert-OH is 1. The molecule has 5 aromatic rings. The van der Waals surface area contributed by atoms with E-state index in [2.05, 4.69) is 30.5 Å². The summed E-state index contributed by atoms with van der Waals surface area (Å²) in [5.41, 5.74) is 8.05. The summed E-state index contributed by atoms with van der Waals surface area (Å²) in [5.74, 6) is -1.93. The number of phenolic OH excluding ortho intramolecular Hbond substituents is 2. The van der Waals surface area contributed by atoms with Crippen LogP contribution in [0.15, 0.2) is 134 Å². The van der Waals surface area contributed by atoms with E-state index in [-0.39, 0.29) is 90.5 Å². The number of sulfonamides is 1. The number of anilines is 1. The molecule has 0 aliphatic heterocycles. The third kappa shape index (κ3) is 11.5. The van der Waals surface area contributed by atoms with Gasteiger partial charge in [-0.15, -0.1) is 21.0 Å². The van der Waals surface area contributed by atoms with E-state index in [9.17, 15) is 38.6 Å². The number of carbonyl (C=O) groups is 1. The first kappa shape index (κ1) is 44.2. The van der Waals surface area contributed by atoms with Crippen LogP contribution in [-0.2, 0) is 31.6 Å². The largest absolute Gasteiger partial charge is 1.00 e. The van der Waals surface area contributed by atoms with Crippen LogP contribution in [0.2, 0.25) is 5.02 Å². The molecule has 0 aromatic heterocycles. The summed E-state index contributed by atoms with van der Waals surface area (Å²) in [5, 5.41) is 59.8. The van der Waals surface area contributed by atoms with Gasteiger partial charge in [0.2, 0.25) is 10.0 Å². The molecule has 0 heterocycles. The zero-order valence-corrected chi connectivity index (χ0v) is 32.6. The standard InChI is InChI=1S/C17H17ClN4O5S.C16H11N4O3.Co.Na/c1-10(23)16(17(25)20-13-6-4-3-5-12(13)18)22-21-14-9-11(7-8-15(14)24)28(26,27)19-2;17-13-7-5-10-3-1-2-4-12(10)16(13)19-18-14-8-6-11(20(22)23)9-15(14)21;;/h3-9,19,23-24H,1-2H3,(H,20,25);1-9H,(H2-,17,18,19,21);;/q;-1;;+1/b16-10-,22-21?;;;. The van der Waals surface area contributed by atoms with Gasteiger partial charge < -0.3 is 26.4 Å². The number of azo groups is 2. The van der Waals surface area contributed by atoms with Crippen molar-refractivity contribution in [3.05, 3.63) is 129 Å². The van der Waals surface area contributed by atoms with Gasteiger partial charge in [-0.3, -0.25) is 14.9 Å². The minimum atomic E-state index is -3.77. The molecule has 53 heavy (non-hydrogen) atoms. The number of halogens is 1. The van der Waals surface area contributed by atoms with Gasteiger partial charge in [-0.1, -0.05) is 60.1 Å². The van der Waals surface area contributed by atoms with Crippen molar-refractivity contribution in [2.45, 2.75) is 11.8 Å². The Bertz CT molecular complexity index is 2340. The van der Waals surface area contributed by atoms with Crippen LogP contribution in [0, 0.1) is 10.1 Å². The molecule has 16 nitrogen and oxygen atoms in total. The van der Waals surface area contributed by atoms with Gasteiger partial charge in [0.1, 0.15) is 28.6 Å². The van der Waals surface area contributed by atoms with Crippen LogP contribution in [0.4, 0.5) is 34.1 Å². The van der Waals surface area contributed by atoms with Crippen LogP contribution in [0.25, 0.3) is 16.5 Å². The fraction of sp³-hybridized carbons (Fsp3) is 0.0606. The van der Waals surface area contributed by atoms with Crippen LogP contribution in [0.5, 0.6) is 11.5 Å². The van der Waals surface area contributed by atoms with Crippen molar-refractivity contribution in [2.24, 2.45) is 20.5 Å². The number of non-ortho nitro benzene ring substituents is 1. The van der Waals surface area contributed by atoms with Crippen LogP contribution in [0.3, 0.4) is 0 Å². The molecule has 20 heteroatoms. The van der Waals surface area contributed by atoms with Gasteiger partial charge >= 0.3 is 29.6 Å². The van der Waals surface area contributed by atoms with Crippen molar-refractivity contribution in [2.75, 3.05) is 12.4 Å². The Morgan fingerprint density at radius 2 is 1.57 bits per heavy atom. The van der Waals surface area contributed by atoms with E-state index < -0.39 is 32.3 Å². The molecule has 0 atom stereocenters. The molecule has 1 amide bonds. The summed E-state index contributed by atoms with van der Waals surface area (Å²) in [6.45, 7) is 1.22. The SMILES string of the molecule is CNS(=O)(=O)c1ccc(O)c(N=N/C(C(=O)Nc2ccccc2Cl)=C(/C)O)c1.[Co].[NH-]c1ccc2ccccc2c1N=Nc1ccc([N+](=O)[O-])cc1O.[Na+]. The minimum Gasteiger partial charge on any atom is -0.697 e. The minimum absolute atomic E-state index is 0. The van der Waals surface area contributed by atoms with Gasteiger partial charge in [0, 0.05) is 28.2 Å². The number of phenols is 2. The number of aliphatic hydroxyl groups is 1. The summed E-state index contributed by atoms with van der Waals surface area (Å²) in [4.78, 5) is 22.3. The van der Waals surface area contributed by atoms with Gasteiger partial charge in [-0.2, -0.15) is 5.11 Å². The smallest absolute Gasteiger partial charge is 0.697 e. The number of aromatic hydroxyl groups is 2. The normalized spacial score (nSPS) is 11.5. The predicted molar refractivity (Wildman–Crippen MR) is 191 cm³/mol. The van der Waals surface area contributed by atoms with Crippen molar-refractivity contribution in [1.29, 1.82) is 0 Å². The Balaban J connectivity index is 0.000000359. The number of rotatable bonds is 9. The molecule has 0 bridgehead atoms. The Hall–Kier alpha value is -4.92. The topological polar surface area (TPSA) is 252 Å². The number of para-hydroxylation sites is 1. The van der Waals surface area contributed by atoms with Gasteiger partial charge in [-0.25, -0.2) is 13.1 Å². The van der Waals surface area contributed by atoms with E-state index in [1.807, 2.05) is 30.3 Å². The zero-order chi connectivity index (χ0) is 37.3. The fourth-order valence-corrected chi connectivity index (χ4v) is 5.11. The number of nitrogens with zero attached hydrogens (tertiary/aromatic N) is 5. The van der Waals surface area contributed by atoms with Gasteiger partial charge in [0.05, 0.1) is 32.3 Å². The molecule has 0 saturated carbocycles. The van der Waals surface area contributed by atoms with Crippen molar-refractivity contribution >= 4 is 72.4 Å². The molecule has 5 aromatic carbocycles. The van der Waals surface area contributed by atoms with E-state index in [4.69, 9.17) is 17.3 Å². The number of nitro benzene ring substituents is 1. The van der Waals surface area contributed by atoms with Gasteiger partial charge in [0.25, 0.3) is 11.6 Å². The fourth-order valence-electron chi connectivity index (χ4n) is 4.18. The Kier molecular flexibility index (Phi) is 16.5. The number of fused-ring (bicyclic) bond motifs is 1. The third-order valence-electron chi connectivity index (χ3n) is 6.79. The number of amides is 1. The van der Waals surface area contributed by atoms with Crippen LogP contribution in [0.1, 0.15) is 6.92 Å². The molecular weight excluding hydrogens is 786 g/mol. The summed E-state index contributed by atoms with van der Waals surface area (Å²) < 4.78 is 25.9. The van der Waals surface area contributed by atoms with Crippen molar-refractivity contribution in [3.63, 3.8) is 0 Å². The van der Waals surface area contributed by atoms with Gasteiger partial charge in [0.15, 0.2) is 5.70 Å². The first-order valence-electron chi connectivity index (χ1n) is 14.5. The Morgan fingerprint density at radius 1 is 0.887 bits per heavy atom. The molecule has 0 aliphatic carbocycles. The predicted octanol–water partition coefficient (Wildman–Crippen LogP) is 6.02. The zero-order valence-electron chi connectivity index (χ0n) is 28.0. The van der Waals surface area contributed by atoms with E-state index in [1.165, 1.54) is 32.2 Å². The summed E-state index contributed by atoms with van der Waals surface area (Å²) in [6.07, 6.45) is 0. The van der Waals surface area contributed by atoms with Crippen molar-refractivity contribution < 1.29 is 79.8 Å². The second kappa shape index (κ2) is 19.8. The average Bonchev–Trinajstić information content (AvgIpc) is 3.10. The number of hydrogen-bond acceptors (Lipinski definition) is 12. The van der Waals surface area contributed by atoms with E-state index in [0.29, 0.717) is 11.4 Å². The molecule has 0 saturated heterocycles. The number of nitro groups is 1. The molecule has 271 valence electrons. The summed E-state index contributed by atoms with van der Waals surface area (Å²) in [7, 11) is -2.54. The molecule has 1 radical (unpaired) electrons. The number of nitrogens with one attached hydrogen (secondary N) is 3. The first-order chi connectivity index (χ1) is 24.2. The van der Waals surface area contributed by atoms with Gasteiger partial charge in [-0.05, 0) is 55.8 Å². The van der Waals surface area contributed by atoms with Crippen LogP contribution < -0.4 is 39.6 Å². The second-order valence-corrected chi connectivity index (χ2v) is 12.5. The maximum atomic E-state index is 12.4. The van der Waals surface area contributed by atoms with Crippen molar-refractivity contribution in [3.8, 4) is 11.5 Å². The molecule has 0 aliphatic rings. The van der Waals surface area contributed by atoms with Crippen LogP contribution >= 0.6 is 11.6 Å². The molecular formula is C33H28ClCoN8NaO8S. The molecule has 5 rings (SSSR count). The Morgan fingerprint density at radius 3 is 2.21 bits per heavy atom. The maximum Gasteiger partial charge on any atom is 1.00 e. The summed E-state index contributed by atoms with van der Waals surface area (Å²) >= 11 is 5.98. The molecule has 0 unspecified atom stereocenters. The maximum absolute atomic E-state index is 12.4. The van der Waals surface area contributed by atoms with E-state index >= 15 is 0 Å². The molecule has 0 fully saturated rings. The summed E-state index contributed by atoms with van der Waals surface area (Å²) in [6, 6.07) is 24.3. The average molecular weight is 814 g/mol. The first-order valence-corrected chi connectivity index (χ1v) is 16.3.